The first kappa shape index (κ1) is 22.8. The van der Waals surface area contributed by atoms with E-state index in [-0.39, 0.29) is 10.7 Å². The van der Waals surface area contributed by atoms with Crippen molar-refractivity contribution in [2.75, 3.05) is 27.2 Å². The Morgan fingerprint density at radius 2 is 1.79 bits per heavy atom. The fourth-order valence-electron chi connectivity index (χ4n) is 2.75. The van der Waals surface area contributed by atoms with Crippen LogP contribution in [0.5, 0.6) is 0 Å². The quantitative estimate of drug-likeness (QED) is 0.509. The number of nitrogens with zero attached hydrogens (tertiary/aromatic N) is 2. The zero-order valence-corrected chi connectivity index (χ0v) is 18.2. The molecule has 8 heteroatoms. The third-order valence-electron chi connectivity index (χ3n) is 4.46. The number of guanidine groups is 1. The smallest absolute Gasteiger partial charge is 0.242 e. The Labute approximate surface area is 172 Å². The molecule has 0 saturated heterocycles. The number of sulfonamides is 1. The highest BCUT2D eigenvalue weighted by Crippen LogP contribution is 2.14. The average Bonchev–Trinajstić information content (AvgIpc) is 2.68. The van der Waals surface area contributed by atoms with Crippen molar-refractivity contribution in [3.05, 3.63) is 65.0 Å². The Morgan fingerprint density at radius 3 is 2.38 bits per heavy atom. The maximum Gasteiger partial charge on any atom is 0.242 e. The van der Waals surface area contributed by atoms with E-state index in [4.69, 9.17) is 0 Å². The van der Waals surface area contributed by atoms with Crippen molar-refractivity contribution in [3.63, 3.8) is 0 Å². The van der Waals surface area contributed by atoms with Crippen LogP contribution in [0.2, 0.25) is 0 Å². The summed E-state index contributed by atoms with van der Waals surface area (Å²) in [6.45, 7) is 5.70. The van der Waals surface area contributed by atoms with Crippen molar-refractivity contribution in [1.29, 1.82) is 0 Å². The van der Waals surface area contributed by atoms with Gasteiger partial charge in [0.2, 0.25) is 10.0 Å². The molecule has 0 spiro atoms. The van der Waals surface area contributed by atoms with Crippen LogP contribution in [0.1, 0.15) is 23.6 Å². The van der Waals surface area contributed by atoms with Gasteiger partial charge in [0.15, 0.2) is 5.96 Å². The van der Waals surface area contributed by atoms with E-state index >= 15 is 0 Å². The Morgan fingerprint density at radius 1 is 1.10 bits per heavy atom. The summed E-state index contributed by atoms with van der Waals surface area (Å²) in [5.74, 6) is 0.454. The van der Waals surface area contributed by atoms with Crippen molar-refractivity contribution in [2.24, 2.45) is 4.99 Å². The van der Waals surface area contributed by atoms with Gasteiger partial charge in [-0.15, -0.1) is 0 Å². The predicted molar refractivity (Wildman–Crippen MR) is 115 cm³/mol. The number of hydrogen-bond donors (Lipinski definition) is 2. The van der Waals surface area contributed by atoms with E-state index in [1.807, 2.05) is 13.8 Å². The van der Waals surface area contributed by atoms with Gasteiger partial charge in [0.1, 0.15) is 5.82 Å². The third-order valence-corrected chi connectivity index (χ3v) is 6.29. The Hall–Kier alpha value is -2.45. The van der Waals surface area contributed by atoms with Crippen molar-refractivity contribution in [3.8, 4) is 0 Å². The van der Waals surface area contributed by atoms with Crippen LogP contribution in [-0.4, -0.2) is 45.9 Å². The summed E-state index contributed by atoms with van der Waals surface area (Å²) < 4.78 is 38.7. The minimum absolute atomic E-state index is 0.224. The highest BCUT2D eigenvalue weighted by Gasteiger charge is 2.16. The molecular formula is C21H29FN4O2S. The van der Waals surface area contributed by atoms with Crippen LogP contribution < -0.4 is 10.6 Å². The number of hydrogen-bond acceptors (Lipinski definition) is 3. The van der Waals surface area contributed by atoms with Crippen LogP contribution >= 0.6 is 0 Å². The highest BCUT2D eigenvalue weighted by atomic mass is 32.2. The second-order valence-corrected chi connectivity index (χ2v) is 9.03. The monoisotopic (exact) mass is 420 g/mol. The molecule has 0 atom stereocenters. The fourth-order valence-corrected chi connectivity index (χ4v) is 3.65. The second-order valence-electron chi connectivity index (χ2n) is 6.87. The lowest BCUT2D eigenvalue weighted by atomic mass is 10.1. The van der Waals surface area contributed by atoms with Crippen LogP contribution in [0.15, 0.2) is 52.4 Å². The largest absolute Gasteiger partial charge is 0.357 e. The minimum Gasteiger partial charge on any atom is -0.357 e. The molecule has 0 amide bonds. The standard InChI is InChI=1S/C21H29FN4O2S/c1-5-23-21(24-13-12-18-8-9-19(22)14-16(18)2)25-15-17-6-10-20(11-7-17)29(27,28)26(3)4/h6-11,14H,5,12-13,15H2,1-4H3,(H2,23,24,25). The fraction of sp³-hybridized carbons (Fsp3) is 0.381. The SMILES string of the molecule is CCNC(=NCc1ccc(S(=O)(=O)N(C)C)cc1)NCCc1ccc(F)cc1C. The molecule has 0 aromatic heterocycles. The summed E-state index contributed by atoms with van der Waals surface area (Å²) >= 11 is 0. The van der Waals surface area contributed by atoms with E-state index in [9.17, 15) is 12.8 Å². The van der Waals surface area contributed by atoms with Gasteiger partial charge >= 0.3 is 0 Å². The third kappa shape index (κ3) is 6.54. The highest BCUT2D eigenvalue weighted by molar-refractivity contribution is 7.89. The minimum atomic E-state index is -3.43. The lowest BCUT2D eigenvalue weighted by Crippen LogP contribution is -2.38. The van der Waals surface area contributed by atoms with Crippen LogP contribution in [0.3, 0.4) is 0 Å². The maximum atomic E-state index is 13.2. The van der Waals surface area contributed by atoms with Gasteiger partial charge in [-0.25, -0.2) is 22.1 Å². The summed E-state index contributed by atoms with van der Waals surface area (Å²) in [7, 11) is -0.410. The molecule has 0 aliphatic rings. The zero-order valence-electron chi connectivity index (χ0n) is 17.4. The lowest BCUT2D eigenvalue weighted by Gasteiger charge is -2.13. The number of halogens is 1. The van der Waals surface area contributed by atoms with E-state index in [0.29, 0.717) is 19.0 Å². The number of aryl methyl sites for hydroxylation is 1. The topological polar surface area (TPSA) is 73.8 Å². The number of benzene rings is 2. The molecule has 0 fully saturated rings. The second kappa shape index (κ2) is 10.4. The molecule has 6 nitrogen and oxygen atoms in total. The maximum absolute atomic E-state index is 13.2. The van der Waals surface area contributed by atoms with Crippen molar-refractivity contribution >= 4 is 16.0 Å². The summed E-state index contributed by atoms with van der Waals surface area (Å²) in [5.41, 5.74) is 2.93. The molecule has 0 bridgehead atoms. The first-order chi connectivity index (χ1) is 13.7. The first-order valence-electron chi connectivity index (χ1n) is 9.52. The van der Waals surface area contributed by atoms with Crippen LogP contribution in [0.4, 0.5) is 4.39 Å². The van der Waals surface area contributed by atoms with Gasteiger partial charge in [-0.1, -0.05) is 18.2 Å². The summed E-state index contributed by atoms with van der Waals surface area (Å²) in [6.07, 6.45) is 0.758. The zero-order chi connectivity index (χ0) is 21.4. The van der Waals surface area contributed by atoms with Crippen LogP contribution in [0, 0.1) is 12.7 Å². The molecule has 2 aromatic rings. The van der Waals surface area contributed by atoms with Crippen LogP contribution in [-0.2, 0) is 23.0 Å². The molecule has 2 aromatic carbocycles. The summed E-state index contributed by atoms with van der Waals surface area (Å²) in [6, 6.07) is 11.5. The molecule has 158 valence electrons. The van der Waals surface area contributed by atoms with Gasteiger partial charge in [0, 0.05) is 27.2 Å². The Bertz CT molecular complexity index is 942. The average molecular weight is 421 g/mol. The lowest BCUT2D eigenvalue weighted by molar-refractivity contribution is 0.520. The molecule has 0 unspecified atom stereocenters. The first-order valence-corrected chi connectivity index (χ1v) is 11.0. The summed E-state index contributed by atoms with van der Waals surface area (Å²) in [4.78, 5) is 4.81. The van der Waals surface area contributed by atoms with E-state index in [2.05, 4.69) is 15.6 Å². The molecule has 0 heterocycles. The predicted octanol–water partition coefficient (Wildman–Crippen LogP) is 2.68. The molecule has 0 radical (unpaired) electrons. The molecule has 2 rings (SSSR count). The Kier molecular flexibility index (Phi) is 8.16. The van der Waals surface area contributed by atoms with Gasteiger partial charge in [-0.2, -0.15) is 0 Å². The van der Waals surface area contributed by atoms with Crippen molar-refractivity contribution in [2.45, 2.75) is 31.7 Å². The molecule has 29 heavy (non-hydrogen) atoms. The Balaban J connectivity index is 1.98. The van der Waals surface area contributed by atoms with Crippen molar-refractivity contribution < 1.29 is 12.8 Å². The van der Waals surface area contributed by atoms with Gasteiger partial charge in [0.05, 0.1) is 11.4 Å². The van der Waals surface area contributed by atoms with Gasteiger partial charge in [0.25, 0.3) is 0 Å². The van der Waals surface area contributed by atoms with Crippen LogP contribution in [0.25, 0.3) is 0 Å². The van der Waals surface area contributed by atoms with Gasteiger partial charge in [-0.3, -0.25) is 0 Å². The van der Waals surface area contributed by atoms with E-state index < -0.39 is 10.0 Å². The molecule has 2 N–H and O–H groups in total. The van der Waals surface area contributed by atoms with Gasteiger partial charge < -0.3 is 10.6 Å². The number of aliphatic imine (C=N–C) groups is 1. The molecule has 0 aliphatic carbocycles. The van der Waals surface area contributed by atoms with E-state index in [1.165, 1.54) is 30.5 Å². The number of rotatable bonds is 8. The van der Waals surface area contributed by atoms with Gasteiger partial charge in [-0.05, 0) is 61.2 Å². The molecular weight excluding hydrogens is 391 g/mol. The van der Waals surface area contributed by atoms with Crippen molar-refractivity contribution in [1.82, 2.24) is 14.9 Å². The molecule has 0 saturated carbocycles. The van der Waals surface area contributed by atoms with E-state index in [1.54, 1.807) is 30.3 Å². The normalized spacial score (nSPS) is 12.3. The molecule has 0 aliphatic heterocycles. The number of nitrogens with one attached hydrogen (secondary N) is 2. The summed E-state index contributed by atoms with van der Waals surface area (Å²) in [5, 5.41) is 6.46. The van der Waals surface area contributed by atoms with E-state index in [0.717, 1.165) is 29.7 Å².